The monoisotopic (exact) mass is 366 g/mol. The first kappa shape index (κ1) is 14.8. The molecular formula is C15H16BrClN4. The van der Waals surface area contributed by atoms with E-state index in [2.05, 4.69) is 42.2 Å². The minimum atomic E-state index is 0.665. The lowest BCUT2D eigenvalue weighted by Crippen LogP contribution is -2.34. The van der Waals surface area contributed by atoms with Gasteiger partial charge in [-0.1, -0.05) is 23.7 Å². The average molecular weight is 368 g/mol. The molecule has 110 valence electrons. The minimum absolute atomic E-state index is 0.665. The summed E-state index contributed by atoms with van der Waals surface area (Å²) in [6, 6.07) is 6.17. The molecule has 4 nitrogen and oxygen atoms in total. The van der Waals surface area contributed by atoms with Gasteiger partial charge in [-0.25, -0.2) is 9.97 Å². The Morgan fingerprint density at radius 2 is 2.10 bits per heavy atom. The van der Waals surface area contributed by atoms with Gasteiger partial charge in [-0.05, 0) is 39.5 Å². The van der Waals surface area contributed by atoms with Crippen LogP contribution in [0.5, 0.6) is 0 Å². The van der Waals surface area contributed by atoms with E-state index in [1.54, 1.807) is 12.4 Å². The van der Waals surface area contributed by atoms with Gasteiger partial charge in [0, 0.05) is 43.6 Å². The van der Waals surface area contributed by atoms with Crippen LogP contribution in [0.15, 0.2) is 35.1 Å². The number of benzene rings is 1. The number of halogens is 2. The highest BCUT2D eigenvalue weighted by Gasteiger charge is 2.17. The minimum Gasteiger partial charge on any atom is -0.353 e. The number of hydrogen-bond acceptors (Lipinski definition) is 4. The van der Waals surface area contributed by atoms with Crippen LogP contribution in [-0.4, -0.2) is 34.5 Å². The third-order valence-electron chi connectivity index (χ3n) is 3.62. The molecule has 0 atom stereocenters. The molecule has 0 spiro atoms. The molecule has 0 unspecified atom stereocenters. The maximum Gasteiger partial charge on any atom is 0.222 e. The lowest BCUT2D eigenvalue weighted by atomic mass is 10.00. The molecule has 1 aliphatic heterocycles. The molecule has 0 bridgehead atoms. The molecule has 1 N–H and O–H groups in total. The maximum atomic E-state index is 6.24. The summed E-state index contributed by atoms with van der Waals surface area (Å²) in [5.41, 5.74) is 2.65. The quantitative estimate of drug-likeness (QED) is 0.899. The summed E-state index contributed by atoms with van der Waals surface area (Å²) in [7, 11) is 0. The Bertz CT molecular complexity index is 618. The number of anilines is 1. The highest BCUT2D eigenvalue weighted by molar-refractivity contribution is 9.10. The number of fused-ring (bicyclic) bond motifs is 1. The molecule has 0 saturated carbocycles. The van der Waals surface area contributed by atoms with Crippen molar-refractivity contribution in [1.82, 2.24) is 14.9 Å². The largest absolute Gasteiger partial charge is 0.353 e. The Kier molecular flexibility index (Phi) is 4.73. The van der Waals surface area contributed by atoms with E-state index in [4.69, 9.17) is 11.6 Å². The van der Waals surface area contributed by atoms with Crippen molar-refractivity contribution in [3.05, 3.63) is 51.2 Å². The Balaban J connectivity index is 1.52. The van der Waals surface area contributed by atoms with E-state index in [-0.39, 0.29) is 0 Å². The van der Waals surface area contributed by atoms with Gasteiger partial charge in [0.25, 0.3) is 0 Å². The van der Waals surface area contributed by atoms with E-state index in [0.29, 0.717) is 5.95 Å². The van der Waals surface area contributed by atoms with E-state index in [9.17, 15) is 0 Å². The van der Waals surface area contributed by atoms with Crippen molar-refractivity contribution < 1.29 is 0 Å². The molecule has 2 aromatic rings. The molecule has 3 rings (SSSR count). The molecule has 0 fully saturated rings. The van der Waals surface area contributed by atoms with Gasteiger partial charge in [-0.2, -0.15) is 0 Å². The highest BCUT2D eigenvalue weighted by atomic mass is 79.9. The molecule has 0 radical (unpaired) electrons. The molecule has 1 aliphatic rings. The van der Waals surface area contributed by atoms with Crippen LogP contribution in [-0.2, 0) is 13.0 Å². The van der Waals surface area contributed by atoms with Crippen molar-refractivity contribution in [3.63, 3.8) is 0 Å². The van der Waals surface area contributed by atoms with Crippen molar-refractivity contribution in [3.8, 4) is 0 Å². The van der Waals surface area contributed by atoms with E-state index < -0.39 is 0 Å². The van der Waals surface area contributed by atoms with Crippen LogP contribution in [0, 0.1) is 0 Å². The third-order valence-corrected chi connectivity index (χ3v) is 4.38. The fraction of sp³-hybridized carbons (Fsp3) is 0.333. The summed E-state index contributed by atoms with van der Waals surface area (Å²) < 4.78 is 0.887. The van der Waals surface area contributed by atoms with Crippen molar-refractivity contribution >= 4 is 33.5 Å². The fourth-order valence-electron chi connectivity index (χ4n) is 2.54. The van der Waals surface area contributed by atoms with Crippen molar-refractivity contribution in [2.45, 2.75) is 13.0 Å². The van der Waals surface area contributed by atoms with Crippen LogP contribution < -0.4 is 5.32 Å². The molecule has 21 heavy (non-hydrogen) atoms. The second-order valence-electron chi connectivity index (χ2n) is 5.06. The molecule has 2 heterocycles. The van der Waals surface area contributed by atoms with Gasteiger partial charge in [-0.3, -0.25) is 4.90 Å². The molecule has 0 amide bonds. The van der Waals surface area contributed by atoms with E-state index in [1.165, 1.54) is 11.1 Å². The van der Waals surface area contributed by atoms with Crippen molar-refractivity contribution in [1.29, 1.82) is 0 Å². The van der Waals surface area contributed by atoms with Crippen LogP contribution in [0.25, 0.3) is 0 Å². The molecule has 1 aromatic heterocycles. The molecular weight excluding hydrogens is 352 g/mol. The zero-order valence-electron chi connectivity index (χ0n) is 11.5. The van der Waals surface area contributed by atoms with Crippen LogP contribution >= 0.6 is 27.5 Å². The van der Waals surface area contributed by atoms with Gasteiger partial charge in [0.1, 0.15) is 0 Å². The summed E-state index contributed by atoms with van der Waals surface area (Å²) >= 11 is 9.56. The smallest absolute Gasteiger partial charge is 0.222 e. The first-order valence-electron chi connectivity index (χ1n) is 6.92. The second-order valence-corrected chi connectivity index (χ2v) is 6.38. The van der Waals surface area contributed by atoms with Crippen LogP contribution in [0.3, 0.4) is 0 Å². The summed E-state index contributed by atoms with van der Waals surface area (Å²) in [6.45, 7) is 3.79. The van der Waals surface area contributed by atoms with Gasteiger partial charge in [0.15, 0.2) is 0 Å². The Hall–Kier alpha value is -1.17. The zero-order valence-corrected chi connectivity index (χ0v) is 13.9. The Morgan fingerprint density at radius 3 is 2.90 bits per heavy atom. The third kappa shape index (κ3) is 3.73. The highest BCUT2D eigenvalue weighted by Crippen LogP contribution is 2.25. The topological polar surface area (TPSA) is 41.0 Å². The van der Waals surface area contributed by atoms with Crippen molar-refractivity contribution in [2.24, 2.45) is 0 Å². The first-order chi connectivity index (χ1) is 10.2. The summed E-state index contributed by atoms with van der Waals surface area (Å²) in [5.74, 6) is 0.665. The number of nitrogens with one attached hydrogen (secondary N) is 1. The van der Waals surface area contributed by atoms with Gasteiger partial charge in [0.2, 0.25) is 5.95 Å². The lowest BCUT2D eigenvalue weighted by molar-refractivity contribution is 0.264. The van der Waals surface area contributed by atoms with E-state index in [0.717, 1.165) is 42.1 Å². The summed E-state index contributed by atoms with van der Waals surface area (Å²) in [4.78, 5) is 10.8. The first-order valence-corrected chi connectivity index (χ1v) is 8.09. The number of nitrogens with zero attached hydrogens (tertiary/aromatic N) is 3. The summed E-state index contributed by atoms with van der Waals surface area (Å²) in [6.07, 6.45) is 4.51. The molecule has 0 aliphatic carbocycles. The fourth-order valence-corrected chi connectivity index (χ4v) is 3.03. The van der Waals surface area contributed by atoms with Crippen molar-refractivity contribution in [2.75, 3.05) is 25.0 Å². The van der Waals surface area contributed by atoms with Gasteiger partial charge >= 0.3 is 0 Å². The predicted octanol–water partition coefficient (Wildman–Crippen LogP) is 3.36. The van der Waals surface area contributed by atoms with Gasteiger partial charge < -0.3 is 5.32 Å². The summed E-state index contributed by atoms with van der Waals surface area (Å²) in [5, 5.41) is 4.14. The maximum absolute atomic E-state index is 6.24. The van der Waals surface area contributed by atoms with E-state index in [1.807, 2.05) is 12.1 Å². The zero-order chi connectivity index (χ0) is 14.7. The standard InChI is InChI=1S/C15H16BrClN4/c16-12-8-19-15(20-9-12)18-5-7-21-6-4-13-11(10-21)2-1-3-14(13)17/h1-3,8-9H,4-7,10H2,(H,18,19,20). The molecule has 0 saturated heterocycles. The second kappa shape index (κ2) is 6.73. The van der Waals surface area contributed by atoms with Crippen LogP contribution in [0.4, 0.5) is 5.95 Å². The number of aromatic nitrogens is 2. The predicted molar refractivity (Wildman–Crippen MR) is 88.7 cm³/mol. The molecule has 6 heteroatoms. The molecule has 1 aromatic carbocycles. The average Bonchev–Trinajstić information content (AvgIpc) is 2.49. The number of rotatable bonds is 4. The Labute approximate surface area is 137 Å². The van der Waals surface area contributed by atoms with Crippen LogP contribution in [0.2, 0.25) is 5.02 Å². The van der Waals surface area contributed by atoms with Gasteiger partial charge in [0.05, 0.1) is 4.47 Å². The van der Waals surface area contributed by atoms with E-state index >= 15 is 0 Å². The lowest BCUT2D eigenvalue weighted by Gasteiger charge is -2.29. The Morgan fingerprint density at radius 1 is 1.29 bits per heavy atom. The number of hydrogen-bond donors (Lipinski definition) is 1. The SMILES string of the molecule is Clc1cccc2c1CCN(CCNc1ncc(Br)cn1)C2. The normalized spacial score (nSPS) is 14.8. The van der Waals surface area contributed by atoms with Crippen LogP contribution in [0.1, 0.15) is 11.1 Å². The van der Waals surface area contributed by atoms with Gasteiger partial charge in [-0.15, -0.1) is 0 Å².